The number of aromatic hydroxyl groups is 1. The predicted octanol–water partition coefficient (Wildman–Crippen LogP) is 4.00. The Labute approximate surface area is 130 Å². The average Bonchev–Trinajstić information content (AvgIpc) is 2.53. The van der Waals surface area contributed by atoms with Gasteiger partial charge in [0.05, 0.1) is 7.11 Å². The summed E-state index contributed by atoms with van der Waals surface area (Å²) < 4.78 is 5.13. The number of unbranched alkanes of at least 4 members (excludes halogenated alkanes) is 1. The Morgan fingerprint density at radius 3 is 2.55 bits per heavy atom. The zero-order valence-corrected chi connectivity index (χ0v) is 12.9. The van der Waals surface area contributed by atoms with Gasteiger partial charge in [-0.05, 0) is 42.7 Å². The molecule has 0 radical (unpaired) electrons. The molecule has 1 amide bonds. The Hall–Kier alpha value is -2.49. The molecule has 0 fully saturated rings. The standard InChI is InChI=1S/C18H21NO3/c1-3-4-6-13-9-11-14(12-10-13)19-18(21)17-15(20)7-5-8-16(17)22-2/h5,7-12,20H,3-4,6H2,1-2H3,(H,19,21). The van der Waals surface area contributed by atoms with Crippen LogP contribution in [0.4, 0.5) is 5.69 Å². The van der Waals surface area contributed by atoms with Crippen molar-refractivity contribution in [2.24, 2.45) is 0 Å². The molecule has 0 atom stereocenters. The molecule has 0 bridgehead atoms. The topological polar surface area (TPSA) is 58.6 Å². The van der Waals surface area contributed by atoms with Crippen LogP contribution in [-0.4, -0.2) is 18.1 Å². The van der Waals surface area contributed by atoms with Crippen LogP contribution in [0.15, 0.2) is 42.5 Å². The minimum Gasteiger partial charge on any atom is -0.507 e. The third-order valence-corrected chi connectivity index (χ3v) is 3.48. The van der Waals surface area contributed by atoms with E-state index in [1.807, 2.05) is 24.3 Å². The van der Waals surface area contributed by atoms with Crippen molar-refractivity contribution in [2.45, 2.75) is 26.2 Å². The smallest absolute Gasteiger partial charge is 0.263 e. The van der Waals surface area contributed by atoms with Crippen LogP contribution in [0.5, 0.6) is 11.5 Å². The number of aryl methyl sites for hydroxylation is 1. The van der Waals surface area contributed by atoms with Crippen molar-refractivity contribution in [3.63, 3.8) is 0 Å². The molecule has 4 nitrogen and oxygen atoms in total. The van der Waals surface area contributed by atoms with E-state index in [9.17, 15) is 9.90 Å². The summed E-state index contributed by atoms with van der Waals surface area (Å²) in [5.74, 6) is -0.148. The van der Waals surface area contributed by atoms with Crippen LogP contribution in [0, 0.1) is 0 Å². The Balaban J connectivity index is 2.12. The van der Waals surface area contributed by atoms with Crippen LogP contribution in [0.1, 0.15) is 35.7 Å². The number of benzene rings is 2. The molecule has 0 saturated heterocycles. The lowest BCUT2D eigenvalue weighted by molar-refractivity contribution is 0.102. The predicted molar refractivity (Wildman–Crippen MR) is 87.7 cm³/mol. The maximum atomic E-state index is 12.3. The molecule has 2 aromatic rings. The molecule has 2 rings (SSSR count). The number of carbonyl (C=O) groups excluding carboxylic acids is 1. The molecule has 4 heteroatoms. The van der Waals surface area contributed by atoms with E-state index in [1.165, 1.54) is 18.7 Å². The zero-order valence-electron chi connectivity index (χ0n) is 12.9. The molecule has 0 aliphatic carbocycles. The van der Waals surface area contributed by atoms with Gasteiger partial charge in [0.1, 0.15) is 17.1 Å². The summed E-state index contributed by atoms with van der Waals surface area (Å²) in [6.45, 7) is 2.16. The third-order valence-electron chi connectivity index (χ3n) is 3.48. The summed E-state index contributed by atoms with van der Waals surface area (Å²) in [7, 11) is 1.47. The SMILES string of the molecule is CCCCc1ccc(NC(=O)c2c(O)cccc2OC)cc1. The highest BCUT2D eigenvalue weighted by atomic mass is 16.5. The van der Waals surface area contributed by atoms with E-state index in [1.54, 1.807) is 12.1 Å². The second-order valence-corrected chi connectivity index (χ2v) is 5.11. The Bertz CT molecular complexity index is 635. The number of phenols is 1. The zero-order chi connectivity index (χ0) is 15.9. The molecule has 116 valence electrons. The van der Waals surface area contributed by atoms with Crippen molar-refractivity contribution < 1.29 is 14.6 Å². The van der Waals surface area contributed by atoms with Crippen molar-refractivity contribution in [1.82, 2.24) is 0 Å². The van der Waals surface area contributed by atoms with Gasteiger partial charge in [-0.2, -0.15) is 0 Å². The Morgan fingerprint density at radius 2 is 1.91 bits per heavy atom. The number of hydrogen-bond donors (Lipinski definition) is 2. The maximum Gasteiger partial charge on any atom is 0.263 e. The van der Waals surface area contributed by atoms with E-state index in [2.05, 4.69) is 12.2 Å². The van der Waals surface area contributed by atoms with E-state index >= 15 is 0 Å². The molecular formula is C18H21NO3. The monoisotopic (exact) mass is 299 g/mol. The van der Waals surface area contributed by atoms with Crippen LogP contribution in [-0.2, 0) is 6.42 Å². The molecule has 0 heterocycles. The van der Waals surface area contributed by atoms with Gasteiger partial charge < -0.3 is 15.2 Å². The summed E-state index contributed by atoms with van der Waals surface area (Å²) in [5.41, 5.74) is 2.08. The first-order chi connectivity index (χ1) is 10.7. The fraction of sp³-hybridized carbons (Fsp3) is 0.278. The first kappa shape index (κ1) is 15.9. The summed E-state index contributed by atoms with van der Waals surface area (Å²) >= 11 is 0. The number of methoxy groups -OCH3 is 1. The van der Waals surface area contributed by atoms with Gasteiger partial charge in [-0.25, -0.2) is 0 Å². The molecule has 0 unspecified atom stereocenters. The van der Waals surface area contributed by atoms with Crippen molar-refractivity contribution in [1.29, 1.82) is 0 Å². The van der Waals surface area contributed by atoms with Crippen LogP contribution < -0.4 is 10.1 Å². The highest BCUT2D eigenvalue weighted by Gasteiger charge is 2.17. The Morgan fingerprint density at radius 1 is 1.18 bits per heavy atom. The first-order valence-corrected chi connectivity index (χ1v) is 7.42. The van der Waals surface area contributed by atoms with E-state index < -0.39 is 5.91 Å². The van der Waals surface area contributed by atoms with Gasteiger partial charge in [0.2, 0.25) is 0 Å². The largest absolute Gasteiger partial charge is 0.507 e. The van der Waals surface area contributed by atoms with Crippen LogP contribution >= 0.6 is 0 Å². The number of carbonyl (C=O) groups is 1. The van der Waals surface area contributed by atoms with Gasteiger partial charge in [-0.1, -0.05) is 31.5 Å². The lowest BCUT2D eigenvalue weighted by atomic mass is 10.1. The van der Waals surface area contributed by atoms with Crippen molar-refractivity contribution in [3.8, 4) is 11.5 Å². The maximum absolute atomic E-state index is 12.3. The molecule has 0 spiro atoms. The number of amides is 1. The fourth-order valence-electron chi connectivity index (χ4n) is 2.25. The Kier molecular flexibility index (Phi) is 5.42. The van der Waals surface area contributed by atoms with E-state index in [-0.39, 0.29) is 11.3 Å². The van der Waals surface area contributed by atoms with Gasteiger partial charge in [0.15, 0.2) is 0 Å². The minimum atomic E-state index is -0.392. The van der Waals surface area contributed by atoms with Gasteiger partial charge >= 0.3 is 0 Å². The van der Waals surface area contributed by atoms with Crippen LogP contribution in [0.25, 0.3) is 0 Å². The van der Waals surface area contributed by atoms with E-state index in [0.717, 1.165) is 19.3 Å². The normalized spacial score (nSPS) is 10.3. The molecule has 2 aromatic carbocycles. The van der Waals surface area contributed by atoms with E-state index in [0.29, 0.717) is 11.4 Å². The summed E-state index contributed by atoms with van der Waals surface area (Å²) in [6.07, 6.45) is 3.35. The number of nitrogens with one attached hydrogen (secondary N) is 1. The lowest BCUT2D eigenvalue weighted by Gasteiger charge is -2.11. The van der Waals surface area contributed by atoms with Crippen molar-refractivity contribution >= 4 is 11.6 Å². The van der Waals surface area contributed by atoms with Gasteiger partial charge in [0, 0.05) is 5.69 Å². The van der Waals surface area contributed by atoms with Crippen LogP contribution in [0.3, 0.4) is 0 Å². The molecule has 0 aliphatic heterocycles. The second-order valence-electron chi connectivity index (χ2n) is 5.11. The van der Waals surface area contributed by atoms with Crippen molar-refractivity contribution in [2.75, 3.05) is 12.4 Å². The number of rotatable bonds is 6. The molecule has 22 heavy (non-hydrogen) atoms. The van der Waals surface area contributed by atoms with Crippen molar-refractivity contribution in [3.05, 3.63) is 53.6 Å². The molecule has 2 N–H and O–H groups in total. The summed E-state index contributed by atoms with van der Waals surface area (Å²) in [6, 6.07) is 12.5. The lowest BCUT2D eigenvalue weighted by Crippen LogP contribution is -2.13. The number of hydrogen-bond acceptors (Lipinski definition) is 3. The molecule has 0 aliphatic rings. The first-order valence-electron chi connectivity index (χ1n) is 7.42. The third kappa shape index (κ3) is 3.79. The molecular weight excluding hydrogens is 278 g/mol. The highest BCUT2D eigenvalue weighted by molar-refractivity contribution is 6.08. The van der Waals surface area contributed by atoms with Gasteiger partial charge in [-0.3, -0.25) is 4.79 Å². The second kappa shape index (κ2) is 7.50. The average molecular weight is 299 g/mol. The number of anilines is 1. The fourth-order valence-corrected chi connectivity index (χ4v) is 2.25. The van der Waals surface area contributed by atoms with Gasteiger partial charge in [0.25, 0.3) is 5.91 Å². The van der Waals surface area contributed by atoms with E-state index in [4.69, 9.17) is 4.74 Å². The van der Waals surface area contributed by atoms with Crippen LogP contribution in [0.2, 0.25) is 0 Å². The summed E-state index contributed by atoms with van der Waals surface area (Å²) in [4.78, 5) is 12.3. The number of ether oxygens (including phenoxy) is 1. The van der Waals surface area contributed by atoms with Gasteiger partial charge in [-0.15, -0.1) is 0 Å². The molecule has 0 aromatic heterocycles. The minimum absolute atomic E-state index is 0.101. The number of phenolic OH excluding ortho intramolecular Hbond substituents is 1. The summed E-state index contributed by atoms with van der Waals surface area (Å²) in [5, 5.41) is 12.6. The highest BCUT2D eigenvalue weighted by Crippen LogP contribution is 2.28. The quantitative estimate of drug-likeness (QED) is 0.847. The molecule has 0 saturated carbocycles.